The Hall–Kier alpha value is -2.02. The number of nitriles is 1. The third-order valence-corrected chi connectivity index (χ3v) is 3.49. The molecule has 0 bridgehead atoms. The van der Waals surface area contributed by atoms with Crippen molar-refractivity contribution < 1.29 is 4.79 Å². The molecule has 4 heteroatoms. The first-order valence-corrected chi connectivity index (χ1v) is 7.19. The molecule has 1 saturated carbocycles. The molecule has 1 aliphatic carbocycles. The Labute approximate surface area is 120 Å². The summed E-state index contributed by atoms with van der Waals surface area (Å²) in [6.07, 6.45) is 2.50. The summed E-state index contributed by atoms with van der Waals surface area (Å²) in [5.41, 5.74) is 2.67. The number of rotatable bonds is 6. The van der Waals surface area contributed by atoms with E-state index in [2.05, 4.69) is 11.4 Å². The lowest BCUT2D eigenvalue weighted by atomic mass is 10.1. The van der Waals surface area contributed by atoms with Crippen molar-refractivity contribution >= 4 is 11.6 Å². The van der Waals surface area contributed by atoms with Crippen LogP contribution < -0.4 is 5.32 Å². The van der Waals surface area contributed by atoms with Gasteiger partial charge >= 0.3 is 0 Å². The molecule has 0 aliphatic heterocycles. The first-order chi connectivity index (χ1) is 9.67. The van der Waals surface area contributed by atoms with E-state index in [1.54, 1.807) is 0 Å². The van der Waals surface area contributed by atoms with Crippen LogP contribution in [0.2, 0.25) is 0 Å². The lowest BCUT2D eigenvalue weighted by Gasteiger charge is -2.23. The maximum atomic E-state index is 12.8. The van der Waals surface area contributed by atoms with Gasteiger partial charge in [0.25, 0.3) is 5.91 Å². The number of nitrogens with one attached hydrogen (secondary N) is 1. The van der Waals surface area contributed by atoms with Crippen molar-refractivity contribution in [2.75, 3.05) is 18.4 Å². The third kappa shape index (κ3) is 3.30. The van der Waals surface area contributed by atoms with Crippen LogP contribution >= 0.6 is 0 Å². The van der Waals surface area contributed by atoms with E-state index in [1.165, 1.54) is 0 Å². The fourth-order valence-corrected chi connectivity index (χ4v) is 2.34. The Morgan fingerprint density at radius 2 is 2.25 bits per heavy atom. The number of hydrogen-bond donors (Lipinski definition) is 1. The van der Waals surface area contributed by atoms with Gasteiger partial charge < -0.3 is 10.2 Å². The number of carbonyl (C=O) groups is 1. The second-order valence-electron chi connectivity index (χ2n) is 5.22. The van der Waals surface area contributed by atoms with Crippen molar-refractivity contribution in [3.05, 3.63) is 29.3 Å². The zero-order valence-electron chi connectivity index (χ0n) is 12.1. The molecule has 1 aromatic carbocycles. The largest absolute Gasteiger partial charge is 0.385 e. The summed E-state index contributed by atoms with van der Waals surface area (Å²) < 4.78 is 0. The van der Waals surface area contributed by atoms with E-state index in [-0.39, 0.29) is 5.91 Å². The van der Waals surface area contributed by atoms with E-state index in [9.17, 15) is 4.79 Å². The maximum Gasteiger partial charge on any atom is 0.256 e. The monoisotopic (exact) mass is 271 g/mol. The number of nitrogens with zero attached hydrogens (tertiary/aromatic N) is 2. The molecule has 0 radical (unpaired) electrons. The molecule has 1 fully saturated rings. The van der Waals surface area contributed by atoms with Gasteiger partial charge in [-0.05, 0) is 38.8 Å². The van der Waals surface area contributed by atoms with Crippen LogP contribution in [0.1, 0.15) is 42.1 Å². The van der Waals surface area contributed by atoms with Gasteiger partial charge in [0, 0.05) is 24.8 Å². The summed E-state index contributed by atoms with van der Waals surface area (Å²) in [7, 11) is 0. The first-order valence-electron chi connectivity index (χ1n) is 7.19. The van der Waals surface area contributed by atoms with Crippen molar-refractivity contribution in [3.63, 3.8) is 0 Å². The molecule has 1 aromatic rings. The number of aryl methyl sites for hydroxylation is 1. The standard InChI is InChI=1S/C16H21N3O/c1-3-18-15-8-5-12(2)11-14(15)16(20)19(10-4-9-17)13-6-7-13/h5,8,11,13,18H,3-4,6-7,10H2,1-2H3. The lowest BCUT2D eigenvalue weighted by molar-refractivity contribution is 0.0747. The van der Waals surface area contributed by atoms with E-state index < -0.39 is 0 Å². The van der Waals surface area contributed by atoms with Gasteiger partial charge in [0.2, 0.25) is 0 Å². The van der Waals surface area contributed by atoms with Crippen molar-refractivity contribution in [1.82, 2.24) is 4.90 Å². The molecule has 1 aliphatic rings. The average Bonchev–Trinajstić information content (AvgIpc) is 3.26. The van der Waals surface area contributed by atoms with Gasteiger partial charge in [-0.2, -0.15) is 5.26 Å². The fraction of sp³-hybridized carbons (Fsp3) is 0.500. The molecule has 1 N–H and O–H groups in total. The number of carbonyl (C=O) groups excluding carboxylic acids is 1. The summed E-state index contributed by atoms with van der Waals surface area (Å²) in [4.78, 5) is 14.6. The molecule has 0 unspecified atom stereocenters. The number of benzene rings is 1. The Morgan fingerprint density at radius 1 is 1.50 bits per heavy atom. The molecule has 4 nitrogen and oxygen atoms in total. The van der Waals surface area contributed by atoms with Crippen LogP contribution in [0.3, 0.4) is 0 Å². The minimum absolute atomic E-state index is 0.0439. The summed E-state index contributed by atoms with van der Waals surface area (Å²) >= 11 is 0. The Balaban J connectivity index is 2.25. The van der Waals surface area contributed by atoms with Gasteiger partial charge in [-0.15, -0.1) is 0 Å². The molecular formula is C16H21N3O. The lowest BCUT2D eigenvalue weighted by Crippen LogP contribution is -2.34. The van der Waals surface area contributed by atoms with Crippen molar-refractivity contribution in [2.45, 2.75) is 39.2 Å². The van der Waals surface area contributed by atoms with Crippen LogP contribution in [0, 0.1) is 18.3 Å². The molecule has 106 valence electrons. The number of anilines is 1. The summed E-state index contributed by atoms with van der Waals surface area (Å²) in [5.74, 6) is 0.0439. The zero-order chi connectivity index (χ0) is 14.5. The van der Waals surface area contributed by atoms with Gasteiger partial charge in [0.05, 0.1) is 18.1 Å². The highest BCUT2D eigenvalue weighted by Crippen LogP contribution is 2.30. The van der Waals surface area contributed by atoms with E-state index in [0.29, 0.717) is 19.0 Å². The second kappa shape index (κ2) is 6.42. The van der Waals surface area contributed by atoms with Crippen LogP contribution in [-0.2, 0) is 0 Å². The smallest absolute Gasteiger partial charge is 0.256 e. The Morgan fingerprint density at radius 3 is 2.85 bits per heavy atom. The number of amides is 1. The highest BCUT2D eigenvalue weighted by atomic mass is 16.2. The molecule has 20 heavy (non-hydrogen) atoms. The summed E-state index contributed by atoms with van der Waals surface area (Å²) in [6.45, 7) is 5.32. The Kier molecular flexibility index (Phi) is 4.62. The number of hydrogen-bond acceptors (Lipinski definition) is 3. The van der Waals surface area contributed by atoms with Crippen molar-refractivity contribution in [3.8, 4) is 6.07 Å². The van der Waals surface area contributed by atoms with E-state index in [1.807, 2.05) is 36.9 Å². The first kappa shape index (κ1) is 14.4. The minimum atomic E-state index is 0.0439. The molecule has 1 amide bonds. The molecule has 0 atom stereocenters. The predicted molar refractivity (Wildman–Crippen MR) is 79.6 cm³/mol. The van der Waals surface area contributed by atoms with Gasteiger partial charge in [0.15, 0.2) is 0 Å². The highest BCUT2D eigenvalue weighted by molar-refractivity contribution is 6.00. The van der Waals surface area contributed by atoms with Crippen LogP contribution in [0.5, 0.6) is 0 Å². The highest BCUT2D eigenvalue weighted by Gasteiger charge is 2.33. The molecular weight excluding hydrogens is 250 g/mol. The molecule has 2 rings (SSSR count). The molecule has 0 aromatic heterocycles. The van der Waals surface area contributed by atoms with E-state index in [0.717, 1.165) is 36.2 Å². The SMILES string of the molecule is CCNc1ccc(C)cc1C(=O)N(CCC#N)C1CC1. The van der Waals surface area contributed by atoms with E-state index in [4.69, 9.17) is 5.26 Å². The fourth-order valence-electron chi connectivity index (χ4n) is 2.34. The minimum Gasteiger partial charge on any atom is -0.385 e. The predicted octanol–water partition coefficient (Wildman–Crippen LogP) is 2.95. The normalized spacial score (nSPS) is 13.7. The van der Waals surface area contributed by atoms with Crippen LogP contribution in [0.25, 0.3) is 0 Å². The van der Waals surface area contributed by atoms with Crippen LogP contribution in [-0.4, -0.2) is 29.9 Å². The van der Waals surface area contributed by atoms with Crippen molar-refractivity contribution in [2.24, 2.45) is 0 Å². The van der Waals surface area contributed by atoms with Gasteiger partial charge in [-0.3, -0.25) is 4.79 Å². The summed E-state index contributed by atoms with van der Waals surface area (Å²) in [5, 5.41) is 12.0. The quantitative estimate of drug-likeness (QED) is 0.865. The zero-order valence-corrected chi connectivity index (χ0v) is 12.1. The maximum absolute atomic E-state index is 12.8. The van der Waals surface area contributed by atoms with E-state index >= 15 is 0 Å². The molecule has 0 saturated heterocycles. The average molecular weight is 271 g/mol. The van der Waals surface area contributed by atoms with Gasteiger partial charge in [-0.1, -0.05) is 11.6 Å². The summed E-state index contributed by atoms with van der Waals surface area (Å²) in [6, 6.07) is 8.35. The van der Waals surface area contributed by atoms with Crippen LogP contribution in [0.15, 0.2) is 18.2 Å². The van der Waals surface area contributed by atoms with Crippen LogP contribution in [0.4, 0.5) is 5.69 Å². The second-order valence-corrected chi connectivity index (χ2v) is 5.22. The topological polar surface area (TPSA) is 56.1 Å². The van der Waals surface area contributed by atoms with Crippen molar-refractivity contribution in [1.29, 1.82) is 5.26 Å². The Bertz CT molecular complexity index is 529. The third-order valence-electron chi connectivity index (χ3n) is 3.49. The van der Waals surface area contributed by atoms with Gasteiger partial charge in [-0.25, -0.2) is 0 Å². The van der Waals surface area contributed by atoms with Gasteiger partial charge in [0.1, 0.15) is 0 Å². The molecule has 0 heterocycles. The molecule has 0 spiro atoms.